The van der Waals surface area contributed by atoms with Crippen LogP contribution in [0.1, 0.15) is 25.7 Å². The highest BCUT2D eigenvalue weighted by molar-refractivity contribution is 5.75. The lowest BCUT2D eigenvalue weighted by atomic mass is 10.3. The van der Waals surface area contributed by atoms with Gasteiger partial charge in [0, 0.05) is 12.2 Å². The van der Waals surface area contributed by atoms with E-state index in [1.807, 2.05) is 24.5 Å². The lowest BCUT2D eigenvalue weighted by Gasteiger charge is -2.10. The SMILES string of the molecule is CC(C)n1c(CC(=O)O)nc2cccnc21. The first-order valence-electron chi connectivity index (χ1n) is 5.13. The molecule has 0 atom stereocenters. The molecular weight excluding hydrogens is 206 g/mol. The van der Waals surface area contributed by atoms with Gasteiger partial charge in [-0.2, -0.15) is 0 Å². The van der Waals surface area contributed by atoms with E-state index >= 15 is 0 Å². The monoisotopic (exact) mass is 219 g/mol. The van der Waals surface area contributed by atoms with Crippen LogP contribution in [0.2, 0.25) is 0 Å². The van der Waals surface area contributed by atoms with Gasteiger partial charge in [-0.15, -0.1) is 0 Å². The summed E-state index contributed by atoms with van der Waals surface area (Å²) in [5, 5.41) is 8.82. The highest BCUT2D eigenvalue weighted by atomic mass is 16.4. The Morgan fingerprint density at radius 3 is 2.94 bits per heavy atom. The number of aliphatic carboxylic acids is 1. The first kappa shape index (κ1) is 10.6. The molecule has 16 heavy (non-hydrogen) atoms. The Balaban J connectivity index is 2.63. The molecule has 5 heteroatoms. The summed E-state index contributed by atoms with van der Waals surface area (Å²) in [6.07, 6.45) is 1.61. The van der Waals surface area contributed by atoms with Crippen LogP contribution in [0.5, 0.6) is 0 Å². The number of pyridine rings is 1. The topological polar surface area (TPSA) is 68.0 Å². The smallest absolute Gasteiger partial charge is 0.311 e. The molecule has 0 aliphatic rings. The van der Waals surface area contributed by atoms with Crippen LogP contribution in [0.25, 0.3) is 11.2 Å². The fourth-order valence-corrected chi connectivity index (χ4v) is 1.78. The first-order chi connectivity index (χ1) is 7.59. The molecule has 0 saturated heterocycles. The van der Waals surface area contributed by atoms with Gasteiger partial charge >= 0.3 is 5.97 Å². The van der Waals surface area contributed by atoms with Crippen LogP contribution in [0, 0.1) is 0 Å². The number of fused-ring (bicyclic) bond motifs is 1. The van der Waals surface area contributed by atoms with E-state index in [0.29, 0.717) is 5.82 Å². The number of hydrogen-bond donors (Lipinski definition) is 1. The molecule has 84 valence electrons. The summed E-state index contributed by atoms with van der Waals surface area (Å²) in [6.45, 7) is 3.97. The van der Waals surface area contributed by atoms with Crippen LogP contribution in [0.3, 0.4) is 0 Å². The van der Waals surface area contributed by atoms with Gasteiger partial charge in [0.25, 0.3) is 0 Å². The lowest BCUT2D eigenvalue weighted by molar-refractivity contribution is -0.136. The zero-order valence-corrected chi connectivity index (χ0v) is 9.21. The third-order valence-electron chi connectivity index (χ3n) is 2.35. The van der Waals surface area contributed by atoms with Crippen LogP contribution < -0.4 is 0 Å². The predicted molar refractivity (Wildman–Crippen MR) is 59.3 cm³/mol. The molecule has 0 bridgehead atoms. The molecule has 0 aliphatic carbocycles. The largest absolute Gasteiger partial charge is 0.481 e. The number of carboxylic acids is 1. The Hall–Kier alpha value is -1.91. The van der Waals surface area contributed by atoms with Crippen molar-refractivity contribution in [2.45, 2.75) is 26.3 Å². The van der Waals surface area contributed by atoms with E-state index in [1.54, 1.807) is 12.3 Å². The van der Waals surface area contributed by atoms with E-state index in [2.05, 4.69) is 9.97 Å². The molecule has 0 saturated carbocycles. The van der Waals surface area contributed by atoms with Crippen molar-refractivity contribution in [3.05, 3.63) is 24.2 Å². The molecule has 0 unspecified atom stereocenters. The zero-order valence-electron chi connectivity index (χ0n) is 9.21. The maximum absolute atomic E-state index is 10.7. The standard InChI is InChI=1S/C11H13N3O2/c1-7(2)14-9(6-10(15)16)13-8-4-3-5-12-11(8)14/h3-5,7H,6H2,1-2H3,(H,15,16). The van der Waals surface area contributed by atoms with E-state index in [1.165, 1.54) is 0 Å². The maximum atomic E-state index is 10.7. The summed E-state index contributed by atoms with van der Waals surface area (Å²) in [5.74, 6) is -0.326. The number of carboxylic acid groups (broad SMARTS) is 1. The molecule has 1 N–H and O–H groups in total. The summed E-state index contributed by atoms with van der Waals surface area (Å²) < 4.78 is 1.86. The van der Waals surface area contributed by atoms with Gasteiger partial charge in [-0.1, -0.05) is 0 Å². The van der Waals surface area contributed by atoms with Crippen molar-refractivity contribution >= 4 is 17.1 Å². The Bertz CT molecular complexity index is 531. The van der Waals surface area contributed by atoms with Crippen LogP contribution in [0.15, 0.2) is 18.3 Å². The Morgan fingerprint density at radius 1 is 1.56 bits per heavy atom. The number of imidazole rings is 1. The van der Waals surface area contributed by atoms with Gasteiger partial charge in [0.2, 0.25) is 0 Å². The molecule has 0 aromatic carbocycles. The summed E-state index contributed by atoms with van der Waals surface area (Å²) in [5.41, 5.74) is 1.49. The van der Waals surface area contributed by atoms with Crippen LogP contribution in [-0.2, 0) is 11.2 Å². The molecule has 0 spiro atoms. The van der Waals surface area contributed by atoms with Gasteiger partial charge in [0.15, 0.2) is 5.65 Å². The average molecular weight is 219 g/mol. The highest BCUT2D eigenvalue weighted by Crippen LogP contribution is 2.19. The number of aromatic nitrogens is 3. The fraction of sp³-hybridized carbons (Fsp3) is 0.364. The van der Waals surface area contributed by atoms with Crippen LogP contribution in [-0.4, -0.2) is 25.6 Å². The van der Waals surface area contributed by atoms with Gasteiger partial charge in [0.05, 0.1) is 0 Å². The van der Waals surface area contributed by atoms with E-state index < -0.39 is 5.97 Å². The molecule has 0 radical (unpaired) electrons. The van der Waals surface area contributed by atoms with Crippen molar-refractivity contribution in [1.29, 1.82) is 0 Å². The Morgan fingerprint density at radius 2 is 2.31 bits per heavy atom. The second-order valence-corrected chi connectivity index (χ2v) is 3.91. The Labute approximate surface area is 92.8 Å². The Kier molecular flexibility index (Phi) is 2.60. The molecule has 0 aliphatic heterocycles. The zero-order chi connectivity index (χ0) is 11.7. The van der Waals surface area contributed by atoms with Gasteiger partial charge in [-0.3, -0.25) is 4.79 Å². The number of hydrogen-bond acceptors (Lipinski definition) is 3. The first-order valence-corrected chi connectivity index (χ1v) is 5.13. The second kappa shape index (κ2) is 3.92. The van der Waals surface area contributed by atoms with Crippen molar-refractivity contribution in [2.75, 3.05) is 0 Å². The number of rotatable bonds is 3. The molecular formula is C11H13N3O2. The van der Waals surface area contributed by atoms with Gasteiger partial charge in [0.1, 0.15) is 17.8 Å². The minimum Gasteiger partial charge on any atom is -0.481 e. The van der Waals surface area contributed by atoms with Crippen molar-refractivity contribution in [3.8, 4) is 0 Å². The van der Waals surface area contributed by atoms with Gasteiger partial charge in [-0.25, -0.2) is 9.97 Å². The molecule has 2 aromatic heterocycles. The van der Waals surface area contributed by atoms with Crippen molar-refractivity contribution in [2.24, 2.45) is 0 Å². The highest BCUT2D eigenvalue weighted by Gasteiger charge is 2.15. The third-order valence-corrected chi connectivity index (χ3v) is 2.35. The average Bonchev–Trinajstić information content (AvgIpc) is 2.53. The number of nitrogens with zero attached hydrogens (tertiary/aromatic N) is 3. The van der Waals surface area contributed by atoms with Crippen molar-refractivity contribution in [1.82, 2.24) is 14.5 Å². The van der Waals surface area contributed by atoms with E-state index in [9.17, 15) is 4.79 Å². The fourth-order valence-electron chi connectivity index (χ4n) is 1.78. The van der Waals surface area contributed by atoms with Crippen LogP contribution >= 0.6 is 0 Å². The number of carbonyl (C=O) groups is 1. The molecule has 0 amide bonds. The summed E-state index contributed by atoms with van der Waals surface area (Å²) >= 11 is 0. The van der Waals surface area contributed by atoms with E-state index in [-0.39, 0.29) is 12.5 Å². The summed E-state index contributed by atoms with van der Waals surface area (Å²) in [6, 6.07) is 3.78. The van der Waals surface area contributed by atoms with E-state index in [4.69, 9.17) is 5.11 Å². The molecule has 0 fully saturated rings. The molecule has 5 nitrogen and oxygen atoms in total. The van der Waals surface area contributed by atoms with Crippen molar-refractivity contribution < 1.29 is 9.90 Å². The van der Waals surface area contributed by atoms with Crippen LogP contribution in [0.4, 0.5) is 0 Å². The summed E-state index contributed by atoms with van der Waals surface area (Å²) in [4.78, 5) is 19.3. The second-order valence-electron chi connectivity index (χ2n) is 3.91. The van der Waals surface area contributed by atoms with E-state index in [0.717, 1.165) is 11.2 Å². The lowest BCUT2D eigenvalue weighted by Crippen LogP contribution is -2.11. The predicted octanol–water partition coefficient (Wildman–Crippen LogP) is 1.64. The third kappa shape index (κ3) is 1.76. The minimum atomic E-state index is -0.878. The molecule has 2 rings (SSSR count). The minimum absolute atomic E-state index is 0.0749. The maximum Gasteiger partial charge on any atom is 0.311 e. The normalized spacial score (nSPS) is 11.2. The van der Waals surface area contributed by atoms with Crippen molar-refractivity contribution in [3.63, 3.8) is 0 Å². The molecule has 2 heterocycles. The van der Waals surface area contributed by atoms with Gasteiger partial charge in [-0.05, 0) is 26.0 Å². The summed E-state index contributed by atoms with van der Waals surface area (Å²) in [7, 11) is 0. The quantitative estimate of drug-likeness (QED) is 0.852. The van der Waals surface area contributed by atoms with Gasteiger partial charge < -0.3 is 9.67 Å². The molecule has 2 aromatic rings.